The molecule has 0 fully saturated rings. The van der Waals surface area contributed by atoms with E-state index < -0.39 is 11.7 Å². The molecule has 0 aliphatic heterocycles. The number of anilines is 1. The van der Waals surface area contributed by atoms with Gasteiger partial charge in [0.25, 0.3) is 0 Å². The van der Waals surface area contributed by atoms with Crippen molar-refractivity contribution in [1.82, 2.24) is 9.97 Å². The van der Waals surface area contributed by atoms with Gasteiger partial charge in [0.2, 0.25) is 5.91 Å². The largest absolute Gasteiger partial charge is 0.417 e. The number of thiazole rings is 1. The van der Waals surface area contributed by atoms with E-state index in [2.05, 4.69) is 15.3 Å². The van der Waals surface area contributed by atoms with Gasteiger partial charge in [0.15, 0.2) is 5.13 Å². The zero-order chi connectivity index (χ0) is 17.2. The molecule has 4 nitrogen and oxygen atoms in total. The molecule has 0 bridgehead atoms. The van der Waals surface area contributed by atoms with Gasteiger partial charge in [-0.25, -0.2) is 9.97 Å². The van der Waals surface area contributed by atoms with Crippen LogP contribution in [0.4, 0.5) is 18.3 Å². The van der Waals surface area contributed by atoms with Gasteiger partial charge in [0, 0.05) is 6.20 Å². The van der Waals surface area contributed by atoms with E-state index in [-0.39, 0.29) is 11.7 Å². The monoisotopic (exact) mass is 369 g/mol. The third-order valence-electron chi connectivity index (χ3n) is 2.96. The van der Waals surface area contributed by atoms with Crippen molar-refractivity contribution in [1.29, 1.82) is 0 Å². The molecule has 0 aliphatic carbocycles. The van der Waals surface area contributed by atoms with Crippen LogP contribution < -0.4 is 5.32 Å². The Labute approximate surface area is 143 Å². The fourth-order valence-corrected chi connectivity index (χ4v) is 3.38. The summed E-state index contributed by atoms with van der Waals surface area (Å²) in [5, 5.41) is 3.51. The first-order valence-electron chi connectivity index (χ1n) is 6.73. The van der Waals surface area contributed by atoms with E-state index in [0.29, 0.717) is 10.2 Å². The number of carbonyl (C=O) groups excluding carboxylic acids is 1. The van der Waals surface area contributed by atoms with Crippen molar-refractivity contribution in [2.45, 2.75) is 11.2 Å². The fourth-order valence-electron chi connectivity index (χ4n) is 1.85. The summed E-state index contributed by atoms with van der Waals surface area (Å²) in [6.07, 6.45) is -3.66. The Hall–Kier alpha value is -2.13. The molecule has 2 heterocycles. The molecule has 0 saturated carbocycles. The molecule has 0 atom stereocenters. The minimum absolute atomic E-state index is 0.0360. The van der Waals surface area contributed by atoms with Gasteiger partial charge in [-0.05, 0) is 24.3 Å². The first-order valence-corrected chi connectivity index (χ1v) is 8.53. The Morgan fingerprint density at radius 2 is 2.00 bits per heavy atom. The van der Waals surface area contributed by atoms with E-state index in [1.54, 1.807) is 0 Å². The number of aromatic nitrogens is 2. The summed E-state index contributed by atoms with van der Waals surface area (Å²) in [5.74, 6) is -0.255. The maximum absolute atomic E-state index is 12.4. The third kappa shape index (κ3) is 4.04. The molecule has 2 aromatic heterocycles. The molecule has 0 unspecified atom stereocenters. The van der Waals surface area contributed by atoms with Gasteiger partial charge in [-0.1, -0.05) is 35.2 Å². The lowest BCUT2D eigenvalue weighted by atomic mass is 10.3. The standard InChI is InChI=1S/C15H10F3N3OS2/c16-15(17,18)9-5-6-13(19-7-9)23-8-12(22)21-14-20-10-3-1-2-4-11(10)24-14/h1-7H,8H2,(H,20,21,22). The number of amides is 1. The molecule has 0 radical (unpaired) electrons. The molecule has 9 heteroatoms. The van der Waals surface area contributed by atoms with Crippen molar-refractivity contribution in [3.05, 3.63) is 48.2 Å². The summed E-state index contributed by atoms with van der Waals surface area (Å²) >= 11 is 2.42. The second-order valence-electron chi connectivity index (χ2n) is 4.71. The van der Waals surface area contributed by atoms with Gasteiger partial charge in [-0.3, -0.25) is 4.79 Å². The lowest BCUT2D eigenvalue weighted by Crippen LogP contribution is -2.14. The Morgan fingerprint density at radius 3 is 2.67 bits per heavy atom. The second-order valence-corrected chi connectivity index (χ2v) is 6.73. The molecule has 124 valence electrons. The van der Waals surface area contributed by atoms with Crippen LogP contribution in [0, 0.1) is 0 Å². The Morgan fingerprint density at radius 1 is 1.21 bits per heavy atom. The lowest BCUT2D eigenvalue weighted by molar-refractivity contribution is -0.137. The van der Waals surface area contributed by atoms with Crippen molar-refractivity contribution in [3.63, 3.8) is 0 Å². The van der Waals surface area contributed by atoms with Crippen LogP contribution in [-0.2, 0) is 11.0 Å². The van der Waals surface area contributed by atoms with Crippen LogP contribution in [0.15, 0.2) is 47.6 Å². The van der Waals surface area contributed by atoms with Crippen LogP contribution in [-0.4, -0.2) is 21.6 Å². The number of hydrogen-bond donors (Lipinski definition) is 1. The summed E-state index contributed by atoms with van der Waals surface area (Å²) in [4.78, 5) is 19.9. The van der Waals surface area contributed by atoms with Gasteiger partial charge in [0.1, 0.15) is 0 Å². The number of pyridine rings is 1. The molecule has 0 aliphatic rings. The zero-order valence-electron chi connectivity index (χ0n) is 12.0. The van der Waals surface area contributed by atoms with Crippen molar-refractivity contribution in [3.8, 4) is 0 Å². The highest BCUT2D eigenvalue weighted by atomic mass is 32.2. The number of nitrogens with zero attached hydrogens (tertiary/aromatic N) is 2. The van der Waals surface area contributed by atoms with E-state index in [1.807, 2.05) is 24.3 Å². The van der Waals surface area contributed by atoms with Crippen LogP contribution in [0.1, 0.15) is 5.56 Å². The predicted molar refractivity (Wildman–Crippen MR) is 88.2 cm³/mol. The summed E-state index contributed by atoms with van der Waals surface area (Å²) in [6, 6.07) is 9.70. The number of halogens is 3. The first-order chi connectivity index (χ1) is 11.4. The van der Waals surface area contributed by atoms with Crippen LogP contribution in [0.5, 0.6) is 0 Å². The summed E-state index contributed by atoms with van der Waals surface area (Å²) in [7, 11) is 0. The molecule has 3 rings (SSSR count). The molecule has 24 heavy (non-hydrogen) atoms. The smallest absolute Gasteiger partial charge is 0.301 e. The highest BCUT2D eigenvalue weighted by molar-refractivity contribution is 7.99. The predicted octanol–water partition coefficient (Wildman–Crippen LogP) is 4.44. The molecular weight excluding hydrogens is 359 g/mol. The average Bonchev–Trinajstić information content (AvgIpc) is 2.94. The highest BCUT2D eigenvalue weighted by Gasteiger charge is 2.30. The van der Waals surface area contributed by atoms with Crippen LogP contribution in [0.2, 0.25) is 0 Å². The maximum Gasteiger partial charge on any atom is 0.417 e. The average molecular weight is 369 g/mol. The SMILES string of the molecule is O=C(CSc1ccc(C(F)(F)F)cn1)Nc1nc2ccccc2s1. The van der Waals surface area contributed by atoms with Crippen LogP contribution in [0.3, 0.4) is 0 Å². The zero-order valence-corrected chi connectivity index (χ0v) is 13.6. The Balaban J connectivity index is 1.57. The van der Waals surface area contributed by atoms with Crippen molar-refractivity contribution in [2.75, 3.05) is 11.1 Å². The summed E-state index contributed by atoms with van der Waals surface area (Å²) < 4.78 is 38.3. The third-order valence-corrected chi connectivity index (χ3v) is 4.85. The molecule has 1 N–H and O–H groups in total. The van der Waals surface area contributed by atoms with Crippen LogP contribution >= 0.6 is 23.1 Å². The van der Waals surface area contributed by atoms with E-state index in [9.17, 15) is 18.0 Å². The minimum Gasteiger partial charge on any atom is -0.301 e. The van der Waals surface area contributed by atoms with Gasteiger partial charge >= 0.3 is 6.18 Å². The number of carbonyl (C=O) groups is 1. The Bertz CT molecular complexity index is 829. The van der Waals surface area contributed by atoms with Crippen molar-refractivity contribution >= 4 is 44.4 Å². The second kappa shape index (κ2) is 6.78. The number of fused-ring (bicyclic) bond motifs is 1. The van der Waals surface area contributed by atoms with E-state index in [0.717, 1.165) is 34.2 Å². The van der Waals surface area contributed by atoms with E-state index in [4.69, 9.17) is 0 Å². The molecule has 0 spiro atoms. The minimum atomic E-state index is -4.42. The highest BCUT2D eigenvalue weighted by Crippen LogP contribution is 2.30. The molecule has 3 aromatic rings. The molecule has 1 aromatic carbocycles. The van der Waals surface area contributed by atoms with E-state index >= 15 is 0 Å². The fraction of sp³-hybridized carbons (Fsp3) is 0.133. The normalized spacial score (nSPS) is 11.6. The van der Waals surface area contributed by atoms with Crippen molar-refractivity contribution < 1.29 is 18.0 Å². The number of hydrogen-bond acceptors (Lipinski definition) is 5. The van der Waals surface area contributed by atoms with Crippen LogP contribution in [0.25, 0.3) is 10.2 Å². The van der Waals surface area contributed by atoms with Gasteiger partial charge < -0.3 is 5.32 Å². The first kappa shape index (κ1) is 16.7. The number of benzene rings is 1. The molecule has 0 saturated heterocycles. The van der Waals surface area contributed by atoms with E-state index in [1.165, 1.54) is 17.4 Å². The summed E-state index contributed by atoms with van der Waals surface area (Å²) in [6.45, 7) is 0. The van der Waals surface area contributed by atoms with Crippen molar-refractivity contribution in [2.24, 2.45) is 0 Å². The number of alkyl halides is 3. The van der Waals surface area contributed by atoms with Gasteiger partial charge in [-0.15, -0.1) is 0 Å². The van der Waals surface area contributed by atoms with Gasteiger partial charge in [-0.2, -0.15) is 13.2 Å². The van der Waals surface area contributed by atoms with Gasteiger partial charge in [0.05, 0.1) is 26.6 Å². The summed E-state index contributed by atoms with van der Waals surface area (Å²) in [5.41, 5.74) is -0.0133. The number of nitrogens with one attached hydrogen (secondary N) is 1. The quantitative estimate of drug-likeness (QED) is 0.691. The topological polar surface area (TPSA) is 54.9 Å². The number of para-hydroxylation sites is 1. The maximum atomic E-state index is 12.4. The molecular formula is C15H10F3N3OS2. The number of rotatable bonds is 4. The Kier molecular flexibility index (Phi) is 4.72. The molecule has 1 amide bonds. The number of thioether (sulfide) groups is 1. The lowest BCUT2D eigenvalue weighted by Gasteiger charge is -2.06.